The first-order valence-corrected chi connectivity index (χ1v) is 12.6. The van der Waals surface area contributed by atoms with Crippen molar-refractivity contribution in [2.24, 2.45) is 5.92 Å². The van der Waals surface area contributed by atoms with Gasteiger partial charge in [-0.25, -0.2) is 9.19 Å². The number of imidazole rings is 1. The van der Waals surface area contributed by atoms with E-state index < -0.39 is 10.8 Å². The van der Waals surface area contributed by atoms with Crippen LogP contribution in [0.25, 0.3) is 10.8 Å². The molecular formula is C25H32N4O4S. The maximum atomic E-state index is 13.9. The number of rotatable bonds is 11. The number of nitrogens with one attached hydrogen (secondary N) is 2. The van der Waals surface area contributed by atoms with Crippen LogP contribution in [0, 0.1) is 5.92 Å². The van der Waals surface area contributed by atoms with E-state index in [4.69, 9.17) is 4.74 Å². The van der Waals surface area contributed by atoms with Gasteiger partial charge in [0.15, 0.2) is 11.5 Å². The molecule has 182 valence electrons. The normalized spacial score (nSPS) is 12.0. The van der Waals surface area contributed by atoms with E-state index in [0.29, 0.717) is 60.0 Å². The third-order valence-electron chi connectivity index (χ3n) is 5.25. The molecule has 0 aliphatic heterocycles. The highest BCUT2D eigenvalue weighted by Gasteiger charge is 2.27. The summed E-state index contributed by atoms with van der Waals surface area (Å²) in [7, 11) is -0.0598. The molecule has 2 aromatic carbocycles. The van der Waals surface area contributed by atoms with E-state index in [1.54, 1.807) is 11.6 Å². The number of unbranched alkanes of at least 4 members (excludes halogenated alkanes) is 1. The summed E-state index contributed by atoms with van der Waals surface area (Å²) < 4.78 is 20.6. The topological polar surface area (TPSA) is 102 Å². The van der Waals surface area contributed by atoms with Crippen molar-refractivity contribution >= 4 is 39.3 Å². The Bertz CT molecular complexity index is 1180. The maximum Gasteiger partial charge on any atom is 0.302 e. The van der Waals surface area contributed by atoms with E-state index in [1.807, 2.05) is 42.5 Å². The van der Waals surface area contributed by atoms with Gasteiger partial charge in [0.05, 0.1) is 11.5 Å². The van der Waals surface area contributed by atoms with E-state index in [2.05, 4.69) is 29.5 Å². The van der Waals surface area contributed by atoms with Crippen molar-refractivity contribution in [2.75, 3.05) is 25.5 Å². The molecule has 0 aliphatic rings. The Morgan fingerprint density at radius 2 is 1.85 bits per heavy atom. The molecule has 0 bridgehead atoms. The first-order valence-electron chi connectivity index (χ1n) is 11.4. The average Bonchev–Trinajstić information content (AvgIpc) is 3.19. The van der Waals surface area contributed by atoms with Gasteiger partial charge in [0, 0.05) is 27.1 Å². The number of aromatic nitrogens is 2. The second-order valence-electron chi connectivity index (χ2n) is 8.39. The summed E-state index contributed by atoms with van der Waals surface area (Å²) >= 11 is 0. The Labute approximate surface area is 202 Å². The van der Waals surface area contributed by atoms with Gasteiger partial charge in [-0.05, 0) is 35.6 Å². The number of anilines is 1. The lowest BCUT2D eigenvalue weighted by molar-refractivity contribution is -0.141. The molecule has 3 aromatic rings. The highest BCUT2D eigenvalue weighted by molar-refractivity contribution is 7.85. The van der Waals surface area contributed by atoms with Crippen molar-refractivity contribution in [3.63, 3.8) is 0 Å². The number of benzene rings is 2. The smallest absolute Gasteiger partial charge is 0.302 e. The molecule has 8 nitrogen and oxygen atoms in total. The van der Waals surface area contributed by atoms with Gasteiger partial charge in [-0.1, -0.05) is 50.2 Å². The lowest BCUT2D eigenvalue weighted by Crippen LogP contribution is -2.24. The number of fused-ring (bicyclic) bond motifs is 1. The molecule has 1 unspecified atom stereocenters. The molecule has 3 rings (SSSR count). The summed E-state index contributed by atoms with van der Waals surface area (Å²) in [5.41, 5.74) is 0.347. The van der Waals surface area contributed by atoms with Crippen molar-refractivity contribution in [3.05, 3.63) is 48.2 Å². The third kappa shape index (κ3) is 6.02. The first-order chi connectivity index (χ1) is 16.3. The van der Waals surface area contributed by atoms with E-state index >= 15 is 0 Å². The standard InChI is InChI=1S/C25H32N4O4S/c1-17(2)16-27-23-22(24(31)26-4)29(14-7-8-15-33-18(3)30)25(28-23)34(32)21-13-9-11-19-10-5-6-12-20(19)21/h5-6,9-13,17,27H,7-8,14-16H2,1-4H3,(H,26,31). The molecule has 1 heterocycles. The quantitative estimate of drug-likeness (QED) is 0.315. The van der Waals surface area contributed by atoms with Crippen LogP contribution in [-0.2, 0) is 26.9 Å². The zero-order chi connectivity index (χ0) is 24.7. The van der Waals surface area contributed by atoms with Crippen LogP contribution in [0.5, 0.6) is 0 Å². The van der Waals surface area contributed by atoms with Crippen LogP contribution < -0.4 is 10.6 Å². The summed E-state index contributed by atoms with van der Waals surface area (Å²) in [6, 6.07) is 13.4. The van der Waals surface area contributed by atoms with Crippen LogP contribution in [0.4, 0.5) is 5.82 Å². The molecule has 1 aromatic heterocycles. The van der Waals surface area contributed by atoms with Crippen molar-refractivity contribution in [1.29, 1.82) is 0 Å². The highest BCUT2D eigenvalue weighted by atomic mass is 32.2. The van der Waals surface area contributed by atoms with Crippen molar-refractivity contribution in [3.8, 4) is 0 Å². The van der Waals surface area contributed by atoms with Gasteiger partial charge in [-0.2, -0.15) is 0 Å². The predicted octanol–water partition coefficient (Wildman–Crippen LogP) is 3.97. The van der Waals surface area contributed by atoms with Crippen molar-refractivity contribution in [2.45, 2.75) is 50.2 Å². The predicted molar refractivity (Wildman–Crippen MR) is 133 cm³/mol. The summed E-state index contributed by atoms with van der Waals surface area (Å²) in [6.45, 7) is 6.82. The molecule has 0 saturated heterocycles. The van der Waals surface area contributed by atoms with E-state index in [0.717, 1.165) is 10.8 Å². The Kier molecular flexibility index (Phi) is 8.81. The number of hydrogen-bond acceptors (Lipinski definition) is 6. The van der Waals surface area contributed by atoms with Gasteiger partial charge in [-0.3, -0.25) is 9.59 Å². The number of carbonyl (C=O) groups is 2. The zero-order valence-corrected chi connectivity index (χ0v) is 20.9. The van der Waals surface area contributed by atoms with Crippen LogP contribution in [0.3, 0.4) is 0 Å². The summed E-state index contributed by atoms with van der Waals surface area (Å²) in [4.78, 5) is 29.2. The van der Waals surface area contributed by atoms with Gasteiger partial charge in [-0.15, -0.1) is 0 Å². The largest absolute Gasteiger partial charge is 0.466 e. The van der Waals surface area contributed by atoms with Crippen LogP contribution in [0.15, 0.2) is 52.5 Å². The first kappa shape index (κ1) is 25.4. The Morgan fingerprint density at radius 3 is 2.56 bits per heavy atom. The Morgan fingerprint density at radius 1 is 1.12 bits per heavy atom. The molecule has 0 saturated carbocycles. The lowest BCUT2D eigenvalue weighted by Gasteiger charge is -2.13. The summed E-state index contributed by atoms with van der Waals surface area (Å²) in [5, 5.41) is 8.11. The third-order valence-corrected chi connectivity index (χ3v) is 6.65. The van der Waals surface area contributed by atoms with Gasteiger partial charge in [0.1, 0.15) is 10.8 Å². The summed E-state index contributed by atoms with van der Waals surface area (Å²) in [5.74, 6) is 0.113. The van der Waals surface area contributed by atoms with Crippen molar-refractivity contribution in [1.82, 2.24) is 14.9 Å². The summed E-state index contributed by atoms with van der Waals surface area (Å²) in [6.07, 6.45) is 1.23. The molecule has 0 spiro atoms. The molecule has 2 N–H and O–H groups in total. The van der Waals surface area contributed by atoms with Crippen LogP contribution in [-0.4, -0.2) is 45.8 Å². The SMILES string of the molecule is CNC(=O)c1c(NCC(C)C)nc(S(=O)c2cccc3ccccc23)n1CCCCOC(C)=O. The second-order valence-corrected chi connectivity index (χ2v) is 9.73. The highest BCUT2D eigenvalue weighted by Crippen LogP contribution is 2.28. The fourth-order valence-corrected chi connectivity index (χ4v) is 4.94. The maximum absolute atomic E-state index is 13.9. The number of amides is 1. The molecule has 0 fully saturated rings. The van der Waals surface area contributed by atoms with Crippen LogP contribution in [0.1, 0.15) is 44.1 Å². The van der Waals surface area contributed by atoms with E-state index in [9.17, 15) is 13.8 Å². The molecule has 1 atom stereocenters. The molecule has 1 amide bonds. The Balaban J connectivity index is 2.04. The molecular weight excluding hydrogens is 452 g/mol. The number of esters is 1. The Hall–Kier alpha value is -3.20. The van der Waals surface area contributed by atoms with Crippen LogP contribution in [0.2, 0.25) is 0 Å². The molecule has 0 aliphatic carbocycles. The number of carbonyl (C=O) groups excluding carboxylic acids is 2. The van der Waals surface area contributed by atoms with Gasteiger partial charge in [0.2, 0.25) is 5.16 Å². The number of ether oxygens (including phenoxy) is 1. The zero-order valence-electron chi connectivity index (χ0n) is 20.1. The second kappa shape index (κ2) is 11.8. The average molecular weight is 485 g/mol. The fraction of sp³-hybridized carbons (Fsp3) is 0.400. The minimum atomic E-state index is -1.62. The molecule has 34 heavy (non-hydrogen) atoms. The number of hydrogen-bond donors (Lipinski definition) is 2. The number of nitrogens with zero attached hydrogens (tertiary/aromatic N) is 2. The minimum absolute atomic E-state index is 0.291. The van der Waals surface area contributed by atoms with Gasteiger partial charge in [0.25, 0.3) is 5.91 Å². The monoisotopic (exact) mass is 484 g/mol. The van der Waals surface area contributed by atoms with E-state index in [1.165, 1.54) is 6.92 Å². The van der Waals surface area contributed by atoms with Gasteiger partial charge < -0.3 is 19.9 Å². The minimum Gasteiger partial charge on any atom is -0.466 e. The molecule has 0 radical (unpaired) electrons. The lowest BCUT2D eigenvalue weighted by atomic mass is 10.1. The molecule has 9 heteroatoms. The fourth-order valence-electron chi connectivity index (χ4n) is 3.60. The van der Waals surface area contributed by atoms with Crippen LogP contribution >= 0.6 is 0 Å². The van der Waals surface area contributed by atoms with E-state index in [-0.39, 0.29) is 11.9 Å². The van der Waals surface area contributed by atoms with Gasteiger partial charge >= 0.3 is 5.97 Å². The van der Waals surface area contributed by atoms with Crippen molar-refractivity contribution < 1.29 is 18.5 Å².